The summed E-state index contributed by atoms with van der Waals surface area (Å²) in [5.74, 6) is 0.0103. The third kappa shape index (κ3) is 3.13. The van der Waals surface area contributed by atoms with Gasteiger partial charge in [-0.3, -0.25) is 4.79 Å². The molecule has 1 rings (SSSR count). The quantitative estimate of drug-likeness (QED) is 0.723. The van der Waals surface area contributed by atoms with Crippen molar-refractivity contribution in [2.75, 3.05) is 0 Å². The zero-order valence-corrected chi connectivity index (χ0v) is 9.42. The van der Waals surface area contributed by atoms with E-state index in [1.807, 2.05) is 13.8 Å². The van der Waals surface area contributed by atoms with E-state index in [-0.39, 0.29) is 16.5 Å². The Morgan fingerprint density at radius 1 is 1.47 bits per heavy atom. The van der Waals surface area contributed by atoms with Gasteiger partial charge in [0.15, 0.2) is 0 Å². The first-order valence-electron chi connectivity index (χ1n) is 4.80. The molecule has 0 aliphatic carbocycles. The molecular formula is C12H17NO2. The number of hydrogen-bond acceptors (Lipinski definition) is 2. The predicted molar refractivity (Wildman–Crippen MR) is 64.0 cm³/mol. The molecule has 0 unspecified atom stereocenters. The number of nitrogens with one attached hydrogen (secondary N) is 1. The molecule has 0 saturated carbocycles. The van der Waals surface area contributed by atoms with Crippen molar-refractivity contribution in [1.29, 1.82) is 0 Å². The molecule has 15 heavy (non-hydrogen) atoms. The molecule has 0 fully saturated rings. The lowest BCUT2D eigenvalue weighted by atomic mass is 10.2. The molecule has 3 nitrogen and oxygen atoms in total. The molecule has 0 atom stereocenters. The van der Waals surface area contributed by atoms with E-state index in [0.717, 1.165) is 0 Å². The van der Waals surface area contributed by atoms with E-state index in [1.54, 1.807) is 13.0 Å². The minimum atomic E-state index is -0.301. The molecule has 1 heterocycles. The molecule has 0 saturated heterocycles. The van der Waals surface area contributed by atoms with Gasteiger partial charge in [0, 0.05) is 16.6 Å². The van der Waals surface area contributed by atoms with Crippen LogP contribution in [-0.4, -0.2) is 10.1 Å². The van der Waals surface area contributed by atoms with Crippen LogP contribution in [0.3, 0.4) is 0 Å². The molecule has 1 aromatic rings. The lowest BCUT2D eigenvalue weighted by Gasteiger charge is -1.96. The predicted octanol–water partition coefficient (Wildman–Crippen LogP) is 1.05. The Kier molecular flexibility index (Phi) is 5.16. The molecule has 1 aromatic heterocycles. The fourth-order valence-electron chi connectivity index (χ4n) is 0.962. The van der Waals surface area contributed by atoms with E-state index in [4.69, 9.17) is 0 Å². The van der Waals surface area contributed by atoms with Gasteiger partial charge in [0.1, 0.15) is 5.76 Å². The van der Waals surface area contributed by atoms with Gasteiger partial charge in [0.05, 0.1) is 0 Å². The molecule has 0 aliphatic heterocycles. The zero-order valence-electron chi connectivity index (χ0n) is 9.42. The number of aromatic amines is 1. The summed E-state index contributed by atoms with van der Waals surface area (Å²) in [6.07, 6.45) is 1.46. The van der Waals surface area contributed by atoms with Gasteiger partial charge in [-0.15, -0.1) is 0 Å². The summed E-state index contributed by atoms with van der Waals surface area (Å²) in [5, 5.41) is 10.2. The van der Waals surface area contributed by atoms with Crippen molar-refractivity contribution in [2.24, 2.45) is 0 Å². The van der Waals surface area contributed by atoms with Crippen LogP contribution < -0.4 is 16.0 Å². The number of aromatic nitrogens is 1. The van der Waals surface area contributed by atoms with Gasteiger partial charge in [-0.1, -0.05) is 27.0 Å². The van der Waals surface area contributed by atoms with Crippen LogP contribution in [0.1, 0.15) is 20.8 Å². The highest BCUT2D eigenvalue weighted by atomic mass is 16.3. The molecule has 2 N–H and O–H groups in total. The molecule has 0 amide bonds. The number of hydrogen-bond donors (Lipinski definition) is 2. The van der Waals surface area contributed by atoms with Gasteiger partial charge in [-0.2, -0.15) is 0 Å². The number of pyridine rings is 1. The van der Waals surface area contributed by atoms with Gasteiger partial charge in [0.2, 0.25) is 0 Å². The molecule has 0 radical (unpaired) electrons. The Morgan fingerprint density at radius 2 is 2.00 bits per heavy atom. The average Bonchev–Trinajstić information content (AvgIpc) is 2.24. The van der Waals surface area contributed by atoms with Crippen LogP contribution >= 0.6 is 0 Å². The summed E-state index contributed by atoms with van der Waals surface area (Å²) in [4.78, 5) is 13.6. The van der Waals surface area contributed by atoms with Crippen molar-refractivity contribution in [3.05, 3.63) is 45.2 Å². The van der Waals surface area contributed by atoms with Crippen molar-refractivity contribution in [2.45, 2.75) is 20.8 Å². The van der Waals surface area contributed by atoms with E-state index in [0.29, 0.717) is 10.8 Å². The van der Waals surface area contributed by atoms with E-state index in [2.05, 4.69) is 18.1 Å². The monoisotopic (exact) mass is 207 g/mol. The van der Waals surface area contributed by atoms with Gasteiger partial charge in [-0.05, 0) is 18.6 Å². The van der Waals surface area contributed by atoms with Gasteiger partial charge in [0.25, 0.3) is 5.56 Å². The summed E-state index contributed by atoms with van der Waals surface area (Å²) >= 11 is 0. The maximum atomic E-state index is 11.1. The Hall–Kier alpha value is -1.77. The summed E-state index contributed by atoms with van der Waals surface area (Å²) < 4.78 is 0. The first-order chi connectivity index (χ1) is 7.04. The smallest absolute Gasteiger partial charge is 0.255 e. The molecule has 0 bridgehead atoms. The second kappa shape index (κ2) is 5.86. The largest absolute Gasteiger partial charge is 0.507 e. The second-order valence-electron chi connectivity index (χ2n) is 2.83. The van der Waals surface area contributed by atoms with Gasteiger partial charge in [-0.25, -0.2) is 0 Å². The summed E-state index contributed by atoms with van der Waals surface area (Å²) in [7, 11) is 0. The van der Waals surface area contributed by atoms with Crippen LogP contribution in [0.15, 0.2) is 29.2 Å². The lowest BCUT2D eigenvalue weighted by Crippen LogP contribution is -2.40. The maximum Gasteiger partial charge on any atom is 0.255 e. The standard InChI is InChI=1S/C10H11NO2.C2H6/c1-6(2)9(12)8-4-5-11-10(13)7(8)3;1-2/h4-5,12H,1,3H2,2H3,(H,11,13);1-2H3/b9-8+;. The summed E-state index contributed by atoms with van der Waals surface area (Å²) in [6, 6.07) is 1.59. The van der Waals surface area contributed by atoms with Crippen molar-refractivity contribution in [3.8, 4) is 0 Å². The Bertz CT molecular complexity index is 497. The number of rotatable bonds is 1. The van der Waals surface area contributed by atoms with Crippen molar-refractivity contribution in [3.63, 3.8) is 0 Å². The van der Waals surface area contributed by atoms with E-state index < -0.39 is 0 Å². The Morgan fingerprint density at radius 3 is 2.47 bits per heavy atom. The third-order valence-corrected chi connectivity index (χ3v) is 1.72. The fraction of sp³-hybridized carbons (Fsp3) is 0.250. The van der Waals surface area contributed by atoms with Crippen LogP contribution in [0.4, 0.5) is 0 Å². The topological polar surface area (TPSA) is 53.1 Å². The van der Waals surface area contributed by atoms with Gasteiger partial charge >= 0.3 is 0 Å². The average molecular weight is 207 g/mol. The third-order valence-electron chi connectivity index (χ3n) is 1.72. The number of aliphatic hydroxyl groups excluding tert-OH is 1. The highest BCUT2D eigenvalue weighted by Gasteiger charge is 1.97. The number of aliphatic hydroxyl groups is 1. The first-order valence-corrected chi connectivity index (χ1v) is 4.80. The number of H-pyrrole nitrogens is 1. The maximum absolute atomic E-state index is 11.1. The molecule has 0 aromatic carbocycles. The van der Waals surface area contributed by atoms with Crippen LogP contribution in [-0.2, 0) is 0 Å². The summed E-state index contributed by atoms with van der Waals surface area (Å²) in [5.41, 5.74) is 0.209. The highest BCUT2D eigenvalue weighted by Crippen LogP contribution is 1.97. The Balaban J connectivity index is 0.000000921. The first kappa shape index (κ1) is 13.2. The van der Waals surface area contributed by atoms with Crippen LogP contribution in [0, 0.1) is 0 Å². The SMILES string of the molecule is C=C(C)/C(O)=c1/cc[nH]c(=O)c1=C.CC. The van der Waals surface area contributed by atoms with E-state index >= 15 is 0 Å². The highest BCUT2D eigenvalue weighted by molar-refractivity contribution is 5.53. The summed E-state index contributed by atoms with van der Waals surface area (Å²) in [6.45, 7) is 12.8. The fourth-order valence-corrected chi connectivity index (χ4v) is 0.962. The van der Waals surface area contributed by atoms with E-state index in [1.165, 1.54) is 6.20 Å². The van der Waals surface area contributed by atoms with Gasteiger partial charge < -0.3 is 10.1 Å². The molecule has 3 heteroatoms. The van der Waals surface area contributed by atoms with Crippen LogP contribution in [0.25, 0.3) is 12.3 Å². The minimum Gasteiger partial charge on any atom is -0.507 e. The minimum absolute atomic E-state index is 0.0103. The molecular weight excluding hydrogens is 190 g/mol. The second-order valence-corrected chi connectivity index (χ2v) is 2.83. The Labute approximate surface area is 89.1 Å². The molecule has 0 spiro atoms. The van der Waals surface area contributed by atoms with Crippen molar-refractivity contribution in [1.82, 2.24) is 4.98 Å². The van der Waals surface area contributed by atoms with E-state index in [9.17, 15) is 9.90 Å². The van der Waals surface area contributed by atoms with Crippen molar-refractivity contribution >= 4 is 12.3 Å². The molecule has 82 valence electrons. The van der Waals surface area contributed by atoms with Crippen LogP contribution in [0.5, 0.6) is 0 Å². The normalized spacial score (nSPS) is 11.1. The molecule has 0 aliphatic rings. The van der Waals surface area contributed by atoms with Crippen LogP contribution in [0.2, 0.25) is 0 Å². The zero-order chi connectivity index (χ0) is 12.0. The lowest BCUT2D eigenvalue weighted by molar-refractivity contribution is 0.505. The van der Waals surface area contributed by atoms with Crippen molar-refractivity contribution < 1.29 is 5.11 Å².